The molecule has 1 aliphatic carbocycles. The van der Waals surface area contributed by atoms with E-state index in [4.69, 9.17) is 4.74 Å². The molecule has 2 atom stereocenters. The van der Waals surface area contributed by atoms with Gasteiger partial charge in [-0.25, -0.2) is 4.79 Å². The number of hydrogen-bond donors (Lipinski definition) is 3. The van der Waals surface area contributed by atoms with Gasteiger partial charge in [0.1, 0.15) is 0 Å². The lowest BCUT2D eigenvalue weighted by molar-refractivity contribution is 0.151. The van der Waals surface area contributed by atoms with Crippen LogP contribution >= 0.6 is 15.9 Å². The number of nitrogens with one attached hydrogen (secondary N) is 2. The Morgan fingerprint density at radius 2 is 2.30 bits per heavy atom. The van der Waals surface area contributed by atoms with Crippen molar-refractivity contribution in [1.29, 1.82) is 0 Å². The third kappa shape index (κ3) is 3.71. The third-order valence-corrected chi connectivity index (χ3v) is 4.19. The molecule has 0 saturated heterocycles. The van der Waals surface area contributed by atoms with Gasteiger partial charge in [0.05, 0.1) is 18.8 Å². The van der Waals surface area contributed by atoms with Crippen LogP contribution in [0.15, 0.2) is 22.7 Å². The standard InChI is InChI=1S/C14H19BrN2O3/c1-20-8-9-10(15)4-2-5-11(9)16-14(19)17-12-6-3-7-13(12)18/h2,4-5,12-13,18H,3,6-8H2,1H3,(H2,16,17,19)/t12-,13-/m0/s1. The van der Waals surface area contributed by atoms with Crippen molar-refractivity contribution in [2.24, 2.45) is 0 Å². The summed E-state index contributed by atoms with van der Waals surface area (Å²) in [6, 6.07) is 5.12. The van der Waals surface area contributed by atoms with Gasteiger partial charge in [-0.05, 0) is 31.4 Å². The number of aliphatic hydroxyl groups excluding tert-OH is 1. The second kappa shape index (κ2) is 7.06. The monoisotopic (exact) mass is 342 g/mol. The van der Waals surface area contributed by atoms with Crippen LogP contribution in [-0.4, -0.2) is 30.4 Å². The first kappa shape index (κ1) is 15.3. The highest BCUT2D eigenvalue weighted by Gasteiger charge is 2.26. The molecule has 0 spiro atoms. The molecule has 0 radical (unpaired) electrons. The van der Waals surface area contributed by atoms with Gasteiger partial charge in [0.25, 0.3) is 0 Å². The number of halogens is 1. The van der Waals surface area contributed by atoms with Gasteiger partial charge >= 0.3 is 6.03 Å². The van der Waals surface area contributed by atoms with Crippen molar-refractivity contribution < 1.29 is 14.6 Å². The summed E-state index contributed by atoms with van der Waals surface area (Å²) in [7, 11) is 1.61. The molecule has 20 heavy (non-hydrogen) atoms. The van der Waals surface area contributed by atoms with Gasteiger partial charge in [-0.1, -0.05) is 22.0 Å². The molecule has 0 unspecified atom stereocenters. The Kier molecular flexibility index (Phi) is 5.39. The molecule has 0 aliphatic heterocycles. The maximum Gasteiger partial charge on any atom is 0.319 e. The maximum absolute atomic E-state index is 12.0. The number of anilines is 1. The van der Waals surface area contributed by atoms with Crippen LogP contribution in [0.2, 0.25) is 0 Å². The second-order valence-corrected chi connectivity index (χ2v) is 5.76. The van der Waals surface area contributed by atoms with Gasteiger partial charge in [0, 0.05) is 22.8 Å². The highest BCUT2D eigenvalue weighted by Crippen LogP contribution is 2.26. The van der Waals surface area contributed by atoms with E-state index < -0.39 is 6.10 Å². The zero-order valence-electron chi connectivity index (χ0n) is 11.4. The highest BCUT2D eigenvalue weighted by molar-refractivity contribution is 9.10. The molecule has 1 aromatic rings. The summed E-state index contributed by atoms with van der Waals surface area (Å²) in [4.78, 5) is 12.0. The number of carbonyl (C=O) groups is 1. The Morgan fingerprint density at radius 1 is 1.50 bits per heavy atom. The minimum atomic E-state index is -0.443. The fourth-order valence-corrected chi connectivity index (χ4v) is 2.88. The van der Waals surface area contributed by atoms with Crippen LogP contribution in [-0.2, 0) is 11.3 Å². The molecule has 6 heteroatoms. The average Bonchev–Trinajstić information content (AvgIpc) is 2.79. The average molecular weight is 343 g/mol. The van der Waals surface area contributed by atoms with Crippen LogP contribution < -0.4 is 10.6 Å². The summed E-state index contributed by atoms with van der Waals surface area (Å²) in [5.41, 5.74) is 1.59. The van der Waals surface area contributed by atoms with Gasteiger partial charge in [-0.2, -0.15) is 0 Å². The zero-order valence-corrected chi connectivity index (χ0v) is 12.9. The van der Waals surface area contributed by atoms with Crippen molar-refractivity contribution in [1.82, 2.24) is 5.32 Å². The van der Waals surface area contributed by atoms with Crippen LogP contribution in [0.25, 0.3) is 0 Å². The summed E-state index contributed by atoms with van der Waals surface area (Å²) in [6.07, 6.45) is 2.06. The molecule has 1 saturated carbocycles. The number of amides is 2. The summed E-state index contributed by atoms with van der Waals surface area (Å²) in [5.74, 6) is 0. The summed E-state index contributed by atoms with van der Waals surface area (Å²) in [5, 5.41) is 15.3. The SMILES string of the molecule is COCc1c(Br)cccc1NC(=O)N[C@H]1CCC[C@@H]1O. The van der Waals surface area contributed by atoms with Crippen LogP contribution in [0.1, 0.15) is 24.8 Å². The predicted molar refractivity (Wildman–Crippen MR) is 80.7 cm³/mol. The van der Waals surface area contributed by atoms with Crippen molar-refractivity contribution in [2.45, 2.75) is 38.0 Å². The van der Waals surface area contributed by atoms with Gasteiger partial charge in [-0.3, -0.25) is 0 Å². The first-order valence-electron chi connectivity index (χ1n) is 6.63. The lowest BCUT2D eigenvalue weighted by Crippen LogP contribution is -2.42. The molecule has 1 aromatic carbocycles. The summed E-state index contributed by atoms with van der Waals surface area (Å²) < 4.78 is 6.03. The van der Waals surface area contributed by atoms with E-state index in [2.05, 4.69) is 26.6 Å². The Morgan fingerprint density at radius 3 is 2.95 bits per heavy atom. The minimum Gasteiger partial charge on any atom is -0.391 e. The van der Waals surface area contributed by atoms with Crippen molar-refractivity contribution in [3.63, 3.8) is 0 Å². The number of urea groups is 1. The number of benzene rings is 1. The fraction of sp³-hybridized carbons (Fsp3) is 0.500. The summed E-state index contributed by atoms with van der Waals surface area (Å²) in [6.45, 7) is 0.406. The van der Waals surface area contributed by atoms with Crippen LogP contribution in [0.4, 0.5) is 10.5 Å². The van der Waals surface area contributed by atoms with Crippen LogP contribution in [0.3, 0.4) is 0 Å². The number of ether oxygens (including phenoxy) is 1. The summed E-state index contributed by atoms with van der Waals surface area (Å²) >= 11 is 3.44. The fourth-order valence-electron chi connectivity index (χ4n) is 2.40. The largest absolute Gasteiger partial charge is 0.391 e. The number of methoxy groups -OCH3 is 1. The first-order chi connectivity index (χ1) is 9.61. The minimum absolute atomic E-state index is 0.159. The van der Waals surface area contributed by atoms with E-state index >= 15 is 0 Å². The molecule has 0 bridgehead atoms. The van der Waals surface area contributed by atoms with Gasteiger partial charge < -0.3 is 20.5 Å². The Labute approximate surface area is 126 Å². The molecule has 0 aromatic heterocycles. The Balaban J connectivity index is 2.02. The molecular formula is C14H19BrN2O3. The Hall–Kier alpha value is -1.11. The molecule has 2 amide bonds. The van der Waals surface area contributed by atoms with E-state index in [0.29, 0.717) is 12.3 Å². The quantitative estimate of drug-likeness (QED) is 0.787. The zero-order chi connectivity index (χ0) is 14.5. The first-order valence-corrected chi connectivity index (χ1v) is 7.43. The molecule has 2 rings (SSSR count). The second-order valence-electron chi connectivity index (χ2n) is 4.90. The number of aliphatic hydroxyl groups is 1. The Bertz CT molecular complexity index is 481. The smallest absolute Gasteiger partial charge is 0.319 e. The molecule has 110 valence electrons. The third-order valence-electron chi connectivity index (χ3n) is 3.45. The van der Waals surface area contributed by atoms with Gasteiger partial charge in [0.2, 0.25) is 0 Å². The number of hydrogen-bond acceptors (Lipinski definition) is 3. The molecule has 3 N–H and O–H groups in total. The van der Waals surface area contributed by atoms with Crippen LogP contribution in [0, 0.1) is 0 Å². The number of rotatable bonds is 4. The highest BCUT2D eigenvalue weighted by atomic mass is 79.9. The lowest BCUT2D eigenvalue weighted by Gasteiger charge is -2.18. The molecular weight excluding hydrogens is 324 g/mol. The van der Waals surface area contributed by atoms with Crippen molar-refractivity contribution in [3.05, 3.63) is 28.2 Å². The van der Waals surface area contributed by atoms with Gasteiger partial charge in [0.15, 0.2) is 0 Å². The van der Waals surface area contributed by atoms with E-state index in [1.807, 2.05) is 18.2 Å². The van der Waals surface area contributed by atoms with E-state index in [-0.39, 0.29) is 12.1 Å². The van der Waals surface area contributed by atoms with E-state index in [0.717, 1.165) is 29.3 Å². The van der Waals surface area contributed by atoms with E-state index in [1.54, 1.807) is 7.11 Å². The topological polar surface area (TPSA) is 70.6 Å². The van der Waals surface area contributed by atoms with Crippen molar-refractivity contribution in [3.8, 4) is 0 Å². The van der Waals surface area contributed by atoms with Crippen LogP contribution in [0.5, 0.6) is 0 Å². The predicted octanol–water partition coefficient (Wildman–Crippen LogP) is 2.63. The van der Waals surface area contributed by atoms with Crippen molar-refractivity contribution >= 4 is 27.6 Å². The number of carbonyl (C=O) groups excluding carboxylic acids is 1. The molecule has 0 heterocycles. The molecule has 5 nitrogen and oxygen atoms in total. The molecule has 1 aliphatic rings. The molecule has 1 fully saturated rings. The van der Waals surface area contributed by atoms with Gasteiger partial charge in [-0.15, -0.1) is 0 Å². The van der Waals surface area contributed by atoms with E-state index in [9.17, 15) is 9.90 Å². The lowest BCUT2D eigenvalue weighted by atomic mass is 10.2. The van der Waals surface area contributed by atoms with Crippen molar-refractivity contribution in [2.75, 3.05) is 12.4 Å². The normalized spacial score (nSPS) is 21.8. The van der Waals surface area contributed by atoms with E-state index in [1.165, 1.54) is 0 Å². The maximum atomic E-state index is 12.0.